The highest BCUT2D eigenvalue weighted by atomic mass is 35.5. The second-order valence-corrected chi connectivity index (χ2v) is 20.6. The van der Waals surface area contributed by atoms with Crippen molar-refractivity contribution in [3.63, 3.8) is 0 Å². The number of piperidine rings is 1. The van der Waals surface area contributed by atoms with Crippen LogP contribution in [0, 0.1) is 16.7 Å². The summed E-state index contributed by atoms with van der Waals surface area (Å²) in [5, 5.41) is 28.8. The molecule has 5 aromatic rings. The van der Waals surface area contributed by atoms with Crippen molar-refractivity contribution >= 4 is 46.3 Å². The van der Waals surface area contributed by atoms with Gasteiger partial charge in [-0.1, -0.05) is 11.6 Å². The van der Waals surface area contributed by atoms with E-state index < -0.39 is 6.43 Å². The highest BCUT2D eigenvalue weighted by molar-refractivity contribution is 6.32. The summed E-state index contributed by atoms with van der Waals surface area (Å²) in [4.78, 5) is 23.8. The number of hydrogen-bond acceptors (Lipinski definition) is 11. The smallest absolute Gasteiger partial charge is 0.264 e. The van der Waals surface area contributed by atoms with Gasteiger partial charge >= 0.3 is 0 Å². The van der Waals surface area contributed by atoms with E-state index in [0.29, 0.717) is 53.8 Å². The molecule has 11 rings (SSSR count). The van der Waals surface area contributed by atoms with Gasteiger partial charge in [0.15, 0.2) is 17.5 Å². The first-order chi connectivity index (χ1) is 32.9. The molecule has 0 bridgehead atoms. The Balaban J connectivity index is 0.701. The molecule has 14 nitrogen and oxygen atoms in total. The molecule has 0 radical (unpaired) electrons. The molecule has 5 aliphatic heterocycles. The van der Waals surface area contributed by atoms with Crippen molar-refractivity contribution in [2.75, 3.05) is 65.4 Å². The van der Waals surface area contributed by atoms with E-state index in [4.69, 9.17) is 26.5 Å². The van der Waals surface area contributed by atoms with Crippen molar-refractivity contribution in [2.45, 2.75) is 115 Å². The molecule has 3 saturated heterocycles. The Morgan fingerprint density at radius 2 is 1.72 bits per heavy atom. The van der Waals surface area contributed by atoms with Gasteiger partial charge in [0.25, 0.3) is 6.43 Å². The molecule has 1 amide bonds. The van der Waals surface area contributed by atoms with Crippen LogP contribution in [0.3, 0.4) is 0 Å². The number of amides is 1. The first kappa shape index (κ1) is 44.7. The molecule has 2 aromatic carbocycles. The number of fused-ring (bicyclic) bond motifs is 2. The number of hydrogen-bond donors (Lipinski definition) is 0. The summed E-state index contributed by atoms with van der Waals surface area (Å²) in [6.45, 7) is 10.1. The van der Waals surface area contributed by atoms with Crippen LogP contribution < -0.4 is 19.6 Å². The molecule has 1 atom stereocenters. The summed E-state index contributed by atoms with van der Waals surface area (Å²) >= 11 is 6.40. The van der Waals surface area contributed by atoms with Gasteiger partial charge < -0.3 is 29.2 Å². The number of halogens is 3. The van der Waals surface area contributed by atoms with Gasteiger partial charge in [-0.25, -0.2) is 8.78 Å². The number of rotatable bonds is 9. The van der Waals surface area contributed by atoms with Crippen LogP contribution in [0.15, 0.2) is 54.9 Å². The van der Waals surface area contributed by atoms with Gasteiger partial charge in [-0.2, -0.15) is 15.5 Å². The van der Waals surface area contributed by atoms with Crippen molar-refractivity contribution in [1.29, 1.82) is 5.26 Å². The maximum absolute atomic E-state index is 14.8. The van der Waals surface area contributed by atoms with E-state index in [1.165, 1.54) is 0 Å². The number of aryl methyl sites for hydroxylation is 2. The summed E-state index contributed by atoms with van der Waals surface area (Å²) in [7, 11) is 1.79. The molecular weight excluding hydrogens is 886 g/mol. The zero-order chi connectivity index (χ0) is 46.8. The van der Waals surface area contributed by atoms with E-state index in [1.54, 1.807) is 37.1 Å². The minimum absolute atomic E-state index is 0.0101. The lowest BCUT2D eigenvalue weighted by molar-refractivity contribution is -0.129. The molecule has 1 saturated carbocycles. The van der Waals surface area contributed by atoms with E-state index in [0.717, 1.165) is 136 Å². The van der Waals surface area contributed by atoms with Crippen LogP contribution >= 0.6 is 11.6 Å². The van der Waals surface area contributed by atoms with Crippen LogP contribution in [0.2, 0.25) is 5.02 Å². The van der Waals surface area contributed by atoms with Crippen molar-refractivity contribution < 1.29 is 18.3 Å². The SMILES string of the molecule is CC(=O)N1CCc2c(c(N3CCCc4cc(-c5cnn(C)c5)c(C(F)F)cc43)nn2C2CCC(OC3CN(c4ccc(N5CCC6(CC5)C[C@H](C)N(c5ccc(C#N)c(Cl)c5)C6)nn4)C3)CC2)C1. The minimum atomic E-state index is -2.65. The largest absolute Gasteiger partial charge is 0.371 e. The topological polar surface area (TPSA) is 128 Å². The number of carbonyl (C=O) groups excluding carboxylic acids is 1. The predicted octanol–water partition coefficient (Wildman–Crippen LogP) is 8.80. The fourth-order valence-corrected chi connectivity index (χ4v) is 12.4. The van der Waals surface area contributed by atoms with Gasteiger partial charge in [-0.05, 0) is 124 Å². The number of carbonyl (C=O) groups is 1. The lowest BCUT2D eigenvalue weighted by Gasteiger charge is -2.42. The molecule has 4 fully saturated rings. The number of ether oxygens (including phenoxy) is 1. The third-order valence-electron chi connectivity index (χ3n) is 15.9. The number of anilines is 5. The van der Waals surface area contributed by atoms with E-state index in [1.807, 2.05) is 29.2 Å². The zero-order valence-electron chi connectivity index (χ0n) is 39.1. The first-order valence-corrected chi connectivity index (χ1v) is 24.8. The maximum atomic E-state index is 14.8. The van der Waals surface area contributed by atoms with Crippen molar-refractivity contribution in [2.24, 2.45) is 12.5 Å². The Morgan fingerprint density at radius 3 is 2.40 bits per heavy atom. The quantitative estimate of drug-likeness (QED) is 0.141. The third kappa shape index (κ3) is 8.33. The third-order valence-corrected chi connectivity index (χ3v) is 16.2. The lowest BCUT2D eigenvalue weighted by Crippen LogP contribution is -2.54. The van der Waals surface area contributed by atoms with Gasteiger partial charge in [0.2, 0.25) is 5.91 Å². The molecule has 17 heteroatoms. The fraction of sp³-hybridized carbons (Fsp3) is 0.529. The van der Waals surface area contributed by atoms with Crippen molar-refractivity contribution in [3.8, 4) is 17.2 Å². The molecular formula is C51H59ClF2N12O2. The van der Waals surface area contributed by atoms with E-state index in [-0.39, 0.29) is 35.1 Å². The normalized spacial score (nSPS) is 22.7. The lowest BCUT2D eigenvalue weighted by atomic mass is 9.77. The summed E-state index contributed by atoms with van der Waals surface area (Å²) in [5.41, 5.74) is 7.01. The predicted molar refractivity (Wildman–Crippen MR) is 258 cm³/mol. The summed E-state index contributed by atoms with van der Waals surface area (Å²) in [6.07, 6.45) is 10.5. The Hall–Kier alpha value is -5.79. The molecule has 356 valence electrons. The van der Waals surface area contributed by atoms with Crippen LogP contribution in [0.4, 0.5) is 37.6 Å². The molecule has 1 aliphatic carbocycles. The highest BCUT2D eigenvalue weighted by Gasteiger charge is 2.45. The Kier molecular flexibility index (Phi) is 11.8. The molecule has 6 aliphatic rings. The number of nitrogens with zero attached hydrogens (tertiary/aromatic N) is 12. The Morgan fingerprint density at radius 1 is 0.956 bits per heavy atom. The number of benzene rings is 2. The molecule has 8 heterocycles. The monoisotopic (exact) mass is 944 g/mol. The molecule has 0 N–H and O–H groups in total. The van der Waals surface area contributed by atoms with E-state index in [2.05, 4.69) is 59.6 Å². The molecule has 0 unspecified atom stereocenters. The van der Waals surface area contributed by atoms with Gasteiger partial charge in [0, 0.05) is 112 Å². The molecule has 1 spiro atoms. The average Bonchev–Trinajstić information content (AvgIpc) is 4.04. The Labute approximate surface area is 401 Å². The second-order valence-electron chi connectivity index (χ2n) is 20.2. The fourth-order valence-electron chi connectivity index (χ4n) is 12.2. The zero-order valence-corrected chi connectivity index (χ0v) is 39.9. The number of aromatic nitrogens is 6. The number of alkyl halides is 2. The van der Waals surface area contributed by atoms with Crippen LogP contribution in [-0.2, 0) is 36.0 Å². The molecule has 3 aromatic heterocycles. The summed E-state index contributed by atoms with van der Waals surface area (Å²) in [5.74, 6) is 2.62. The van der Waals surface area contributed by atoms with E-state index >= 15 is 0 Å². The first-order valence-electron chi connectivity index (χ1n) is 24.4. The van der Waals surface area contributed by atoms with Crippen LogP contribution in [-0.4, -0.2) is 105 Å². The Bertz CT molecular complexity index is 2730. The van der Waals surface area contributed by atoms with Gasteiger partial charge in [0.1, 0.15) is 6.07 Å². The summed E-state index contributed by atoms with van der Waals surface area (Å²) < 4.78 is 40.1. The summed E-state index contributed by atoms with van der Waals surface area (Å²) in [6, 6.07) is 16.3. The number of nitriles is 1. The van der Waals surface area contributed by atoms with Gasteiger partial charge in [0.05, 0.1) is 41.6 Å². The van der Waals surface area contributed by atoms with Crippen molar-refractivity contribution in [3.05, 3.63) is 87.8 Å². The average molecular weight is 946 g/mol. The van der Waals surface area contributed by atoms with Crippen LogP contribution in [0.1, 0.15) is 106 Å². The van der Waals surface area contributed by atoms with Crippen LogP contribution in [0.5, 0.6) is 0 Å². The van der Waals surface area contributed by atoms with Crippen molar-refractivity contribution in [1.82, 2.24) is 34.7 Å². The van der Waals surface area contributed by atoms with E-state index in [9.17, 15) is 18.8 Å². The van der Waals surface area contributed by atoms with Gasteiger partial charge in [-0.3, -0.25) is 14.2 Å². The highest BCUT2D eigenvalue weighted by Crippen LogP contribution is 2.47. The standard InChI is InChI=1S/C51H59ClF2N12O2/c1-32-24-51(31-65(32)38-7-6-35(25-55)44(52)22-38)15-19-61(20-16-51)47-12-13-48(58-57-47)63-28-40(29-63)68-39-10-8-37(9-11-39)66-45-14-18-62(33(2)67)30-43(45)50(59-66)64-17-4-5-34-21-41(36-26-56-60(3)27-36)42(49(53)54)23-46(34)64/h6-7,12-13,21-23,26-27,32,37,39-40,49H,4-5,8-11,14-20,24,28-31H2,1-3H3/t32-,37?,39?/m0/s1. The minimum Gasteiger partial charge on any atom is -0.371 e. The maximum Gasteiger partial charge on any atom is 0.264 e. The van der Waals surface area contributed by atoms with Crippen LogP contribution in [0.25, 0.3) is 11.1 Å². The second kappa shape index (κ2) is 17.9. The molecule has 68 heavy (non-hydrogen) atoms. The van der Waals surface area contributed by atoms with Gasteiger partial charge in [-0.15, -0.1) is 10.2 Å².